The van der Waals surface area contributed by atoms with E-state index in [1.165, 1.54) is 25.7 Å². The van der Waals surface area contributed by atoms with E-state index in [-0.39, 0.29) is 0 Å². The molecule has 0 heterocycles. The monoisotopic (exact) mass is 214 g/mol. The molecule has 88 valence electrons. The zero-order valence-electron chi connectivity index (χ0n) is 9.70. The first-order chi connectivity index (χ1) is 6.97. The third-order valence-corrected chi connectivity index (χ3v) is 3.27. The summed E-state index contributed by atoms with van der Waals surface area (Å²) in [4.78, 5) is 13.1. The lowest BCUT2D eigenvalue weighted by Crippen LogP contribution is -2.55. The normalized spacial score (nSPS) is 21.9. The summed E-state index contributed by atoms with van der Waals surface area (Å²) in [6.07, 6.45) is 4.89. The van der Waals surface area contributed by atoms with Crippen molar-refractivity contribution in [1.82, 2.24) is 4.90 Å². The molecule has 4 nitrogen and oxygen atoms in total. The van der Waals surface area contributed by atoms with E-state index in [2.05, 4.69) is 11.8 Å². The predicted molar refractivity (Wildman–Crippen MR) is 59.7 cm³/mol. The average Bonchev–Trinajstić information content (AvgIpc) is 2.66. The second-order valence-electron chi connectivity index (χ2n) is 4.72. The Morgan fingerprint density at radius 1 is 1.53 bits per heavy atom. The number of hydrogen-bond acceptors (Lipinski definition) is 3. The molecule has 0 aromatic rings. The van der Waals surface area contributed by atoms with E-state index in [9.17, 15) is 4.79 Å². The van der Waals surface area contributed by atoms with Crippen LogP contribution in [-0.2, 0) is 4.79 Å². The van der Waals surface area contributed by atoms with Crippen LogP contribution in [0.5, 0.6) is 0 Å². The average molecular weight is 214 g/mol. The minimum atomic E-state index is -1.13. The van der Waals surface area contributed by atoms with Crippen molar-refractivity contribution < 1.29 is 9.90 Å². The van der Waals surface area contributed by atoms with Crippen molar-refractivity contribution in [2.75, 3.05) is 13.1 Å². The number of hydrogen-bond donors (Lipinski definition) is 2. The highest BCUT2D eigenvalue weighted by Crippen LogP contribution is 2.24. The van der Waals surface area contributed by atoms with Crippen LogP contribution in [-0.4, -0.2) is 40.6 Å². The van der Waals surface area contributed by atoms with Crippen LogP contribution in [0.4, 0.5) is 0 Å². The van der Waals surface area contributed by atoms with Crippen LogP contribution < -0.4 is 5.73 Å². The number of nitrogens with two attached hydrogens (primary N) is 1. The van der Waals surface area contributed by atoms with E-state index in [1.54, 1.807) is 6.92 Å². The van der Waals surface area contributed by atoms with Crippen LogP contribution >= 0.6 is 0 Å². The fourth-order valence-electron chi connectivity index (χ4n) is 2.26. The van der Waals surface area contributed by atoms with Gasteiger partial charge in [-0.3, -0.25) is 9.69 Å². The van der Waals surface area contributed by atoms with E-state index in [4.69, 9.17) is 10.8 Å². The molecular weight excluding hydrogens is 192 g/mol. The second kappa shape index (κ2) is 4.94. The van der Waals surface area contributed by atoms with Crippen LogP contribution in [0.25, 0.3) is 0 Å². The van der Waals surface area contributed by atoms with Gasteiger partial charge in [-0.1, -0.05) is 19.8 Å². The predicted octanol–water partition coefficient (Wildman–Crippen LogP) is 1.05. The standard InChI is InChI=1S/C11H22N2O2/c1-3-13(9-6-4-5-7-9)8-11(2,12)10(14)15/h9H,3-8,12H2,1-2H3,(H,14,15). The van der Waals surface area contributed by atoms with Crippen LogP contribution in [0, 0.1) is 0 Å². The molecule has 1 fully saturated rings. The Balaban J connectivity index is 2.56. The molecule has 1 saturated carbocycles. The Kier molecular flexibility index (Phi) is 4.11. The van der Waals surface area contributed by atoms with Crippen molar-refractivity contribution in [2.45, 2.75) is 51.1 Å². The Labute approximate surface area is 91.4 Å². The van der Waals surface area contributed by atoms with Gasteiger partial charge < -0.3 is 10.8 Å². The Bertz CT molecular complexity index is 223. The number of aliphatic carboxylic acids is 1. The molecule has 1 unspecified atom stereocenters. The number of rotatable bonds is 5. The molecule has 0 saturated heterocycles. The second-order valence-corrected chi connectivity index (χ2v) is 4.72. The number of likely N-dealkylation sites (N-methyl/N-ethyl adjacent to an activating group) is 1. The van der Waals surface area contributed by atoms with Gasteiger partial charge in [0.25, 0.3) is 0 Å². The summed E-state index contributed by atoms with van der Waals surface area (Å²) in [5.74, 6) is -0.918. The lowest BCUT2D eigenvalue weighted by Gasteiger charge is -2.33. The maximum atomic E-state index is 10.9. The van der Waals surface area contributed by atoms with Gasteiger partial charge in [0.05, 0.1) is 0 Å². The van der Waals surface area contributed by atoms with Crippen LogP contribution in [0.3, 0.4) is 0 Å². The quantitative estimate of drug-likeness (QED) is 0.718. The Morgan fingerprint density at radius 3 is 2.47 bits per heavy atom. The Morgan fingerprint density at radius 2 is 2.07 bits per heavy atom. The highest BCUT2D eigenvalue weighted by Gasteiger charge is 2.33. The Hall–Kier alpha value is -0.610. The summed E-state index contributed by atoms with van der Waals surface area (Å²) < 4.78 is 0. The molecule has 0 amide bonds. The zero-order valence-corrected chi connectivity index (χ0v) is 9.70. The third-order valence-electron chi connectivity index (χ3n) is 3.27. The van der Waals surface area contributed by atoms with Crippen molar-refractivity contribution >= 4 is 5.97 Å². The van der Waals surface area contributed by atoms with Crippen molar-refractivity contribution in [2.24, 2.45) is 5.73 Å². The van der Waals surface area contributed by atoms with Gasteiger partial charge in [0.15, 0.2) is 0 Å². The third kappa shape index (κ3) is 3.18. The van der Waals surface area contributed by atoms with E-state index in [0.29, 0.717) is 12.6 Å². The first kappa shape index (κ1) is 12.5. The fourth-order valence-corrected chi connectivity index (χ4v) is 2.26. The molecule has 1 atom stereocenters. The van der Waals surface area contributed by atoms with Gasteiger partial charge >= 0.3 is 5.97 Å². The summed E-state index contributed by atoms with van der Waals surface area (Å²) in [6, 6.07) is 0.539. The zero-order chi connectivity index (χ0) is 11.5. The van der Waals surface area contributed by atoms with Crippen molar-refractivity contribution in [3.8, 4) is 0 Å². The molecule has 0 aliphatic heterocycles. The topological polar surface area (TPSA) is 66.6 Å². The largest absolute Gasteiger partial charge is 0.480 e. The molecule has 15 heavy (non-hydrogen) atoms. The molecule has 1 rings (SSSR count). The van der Waals surface area contributed by atoms with Crippen molar-refractivity contribution in [3.05, 3.63) is 0 Å². The summed E-state index contributed by atoms with van der Waals surface area (Å²) in [5.41, 5.74) is 4.64. The highest BCUT2D eigenvalue weighted by atomic mass is 16.4. The molecule has 3 N–H and O–H groups in total. The number of carboxylic acid groups (broad SMARTS) is 1. The van der Waals surface area contributed by atoms with E-state index in [1.807, 2.05) is 0 Å². The maximum absolute atomic E-state index is 10.9. The number of carboxylic acids is 1. The van der Waals surface area contributed by atoms with Crippen molar-refractivity contribution in [3.63, 3.8) is 0 Å². The smallest absolute Gasteiger partial charge is 0.324 e. The van der Waals surface area contributed by atoms with Crippen LogP contribution in [0.2, 0.25) is 0 Å². The summed E-state index contributed by atoms with van der Waals surface area (Å²) in [5, 5.41) is 8.98. The molecule has 0 radical (unpaired) electrons. The van der Waals surface area contributed by atoms with Crippen molar-refractivity contribution in [1.29, 1.82) is 0 Å². The number of nitrogens with zero attached hydrogens (tertiary/aromatic N) is 1. The molecule has 4 heteroatoms. The van der Waals surface area contributed by atoms with Gasteiger partial charge in [-0.15, -0.1) is 0 Å². The summed E-state index contributed by atoms with van der Waals surface area (Å²) >= 11 is 0. The fraction of sp³-hybridized carbons (Fsp3) is 0.909. The van der Waals surface area contributed by atoms with Gasteiger partial charge in [-0.2, -0.15) is 0 Å². The first-order valence-corrected chi connectivity index (χ1v) is 5.73. The SMILES string of the molecule is CCN(CC(C)(N)C(=O)O)C1CCCC1. The molecule has 0 bridgehead atoms. The molecule has 0 aromatic carbocycles. The van der Waals surface area contributed by atoms with E-state index in [0.717, 1.165) is 6.54 Å². The molecule has 0 aromatic heterocycles. The summed E-state index contributed by atoms with van der Waals surface area (Å²) in [6.45, 7) is 4.98. The summed E-state index contributed by atoms with van der Waals surface area (Å²) in [7, 11) is 0. The number of carbonyl (C=O) groups is 1. The van der Waals surface area contributed by atoms with E-state index < -0.39 is 11.5 Å². The highest BCUT2D eigenvalue weighted by molar-refractivity contribution is 5.78. The first-order valence-electron chi connectivity index (χ1n) is 5.73. The maximum Gasteiger partial charge on any atom is 0.324 e. The molecule has 1 aliphatic carbocycles. The minimum absolute atomic E-state index is 0.448. The molecule has 1 aliphatic rings. The van der Waals surface area contributed by atoms with Crippen LogP contribution in [0.15, 0.2) is 0 Å². The van der Waals surface area contributed by atoms with E-state index >= 15 is 0 Å². The van der Waals surface area contributed by atoms with Gasteiger partial charge in [-0.05, 0) is 26.3 Å². The lowest BCUT2D eigenvalue weighted by atomic mass is 10.0. The van der Waals surface area contributed by atoms with Gasteiger partial charge in [0, 0.05) is 12.6 Å². The minimum Gasteiger partial charge on any atom is -0.480 e. The molecule has 0 spiro atoms. The van der Waals surface area contributed by atoms with Crippen LogP contribution in [0.1, 0.15) is 39.5 Å². The molecular formula is C11H22N2O2. The van der Waals surface area contributed by atoms with Gasteiger partial charge in [-0.25, -0.2) is 0 Å². The van der Waals surface area contributed by atoms with Gasteiger partial charge in [0.2, 0.25) is 0 Å². The van der Waals surface area contributed by atoms with Gasteiger partial charge in [0.1, 0.15) is 5.54 Å². The lowest BCUT2D eigenvalue weighted by molar-refractivity contribution is -0.143.